The molecule has 12 heteroatoms. The molecule has 1 aromatic heterocycles. The largest absolute Gasteiger partial charge is 0.416 e. The van der Waals surface area contributed by atoms with Crippen molar-refractivity contribution in [1.29, 1.82) is 5.26 Å². The van der Waals surface area contributed by atoms with Crippen LogP contribution in [0, 0.1) is 17.3 Å². The van der Waals surface area contributed by atoms with Crippen LogP contribution in [0.15, 0.2) is 78.9 Å². The fourth-order valence-corrected chi connectivity index (χ4v) is 5.50. The summed E-state index contributed by atoms with van der Waals surface area (Å²) in [6, 6.07) is 17.0. The zero-order chi connectivity index (χ0) is 31.8. The number of nitrogens with one attached hydrogen (secondary N) is 2. The monoisotopic (exact) mass is 604 g/mol. The number of para-hydroxylation sites is 1. The van der Waals surface area contributed by atoms with Gasteiger partial charge in [-0.05, 0) is 68.8 Å². The first-order valence-electron chi connectivity index (χ1n) is 13.8. The highest BCUT2D eigenvalue weighted by atomic mass is 19.4. The van der Waals surface area contributed by atoms with E-state index in [1.165, 1.54) is 35.2 Å². The van der Waals surface area contributed by atoms with Crippen LogP contribution < -0.4 is 15.5 Å². The summed E-state index contributed by atoms with van der Waals surface area (Å²) in [5, 5.41) is 19.9. The van der Waals surface area contributed by atoms with Gasteiger partial charge in [-0.25, -0.2) is 9.07 Å². The number of nitrogens with zero attached hydrogens (tertiary/aromatic N) is 4. The number of anilines is 1. The van der Waals surface area contributed by atoms with Gasteiger partial charge in [-0.1, -0.05) is 36.4 Å². The number of benzene rings is 3. The Morgan fingerprint density at radius 2 is 1.70 bits per heavy atom. The van der Waals surface area contributed by atoms with E-state index in [4.69, 9.17) is 5.10 Å². The van der Waals surface area contributed by atoms with E-state index in [9.17, 15) is 32.4 Å². The Labute approximate surface area is 250 Å². The number of aromatic nitrogens is 2. The van der Waals surface area contributed by atoms with Crippen molar-refractivity contribution < 1.29 is 27.2 Å². The minimum Gasteiger partial charge on any atom is -0.339 e. The number of rotatable bonds is 7. The Hall–Kier alpha value is -5.18. The van der Waals surface area contributed by atoms with Gasteiger partial charge in [-0.3, -0.25) is 14.5 Å². The molecule has 44 heavy (non-hydrogen) atoms. The number of hydrogen-bond donors (Lipinski definition) is 2. The first kappa shape index (κ1) is 30.3. The third-order valence-electron chi connectivity index (χ3n) is 7.57. The van der Waals surface area contributed by atoms with Crippen molar-refractivity contribution in [3.8, 4) is 11.9 Å². The number of fused-ring (bicyclic) bond motifs is 1. The molecule has 0 saturated carbocycles. The van der Waals surface area contributed by atoms with Crippen LogP contribution in [0.25, 0.3) is 5.69 Å². The molecule has 0 spiro atoms. The number of halogens is 4. The number of alkyl halides is 3. The summed E-state index contributed by atoms with van der Waals surface area (Å²) in [4.78, 5) is 29.2. The highest BCUT2D eigenvalue weighted by Crippen LogP contribution is 2.46. The van der Waals surface area contributed by atoms with Crippen LogP contribution in [0.2, 0.25) is 0 Å². The minimum absolute atomic E-state index is 0.155. The Kier molecular flexibility index (Phi) is 7.90. The minimum atomic E-state index is -4.68. The van der Waals surface area contributed by atoms with Crippen molar-refractivity contribution in [2.24, 2.45) is 0 Å². The second-order valence-corrected chi connectivity index (χ2v) is 10.8. The van der Waals surface area contributed by atoms with Crippen LogP contribution in [-0.2, 0) is 16.5 Å². The summed E-state index contributed by atoms with van der Waals surface area (Å²) in [5.74, 6) is -2.52. The SMILES string of the molecule is CCN1C(=O)[C@H](NC(=O)c2cccc(C(F)(F)F)c2)[C@H](c2ccc(F)cc2)c2c(C(C)(C)NC#N)nn(-c3ccccc3)c21. The van der Waals surface area contributed by atoms with E-state index in [1.54, 1.807) is 49.7 Å². The Bertz CT molecular complexity index is 1740. The van der Waals surface area contributed by atoms with Crippen molar-refractivity contribution >= 4 is 17.6 Å². The van der Waals surface area contributed by atoms with Crippen molar-refractivity contribution in [2.75, 3.05) is 11.4 Å². The second-order valence-electron chi connectivity index (χ2n) is 10.8. The van der Waals surface area contributed by atoms with Crippen molar-refractivity contribution in [2.45, 2.75) is 44.4 Å². The van der Waals surface area contributed by atoms with Crippen LogP contribution in [0.1, 0.15) is 59.4 Å². The van der Waals surface area contributed by atoms with Gasteiger partial charge >= 0.3 is 6.18 Å². The van der Waals surface area contributed by atoms with Crippen LogP contribution in [0.4, 0.5) is 23.4 Å². The summed E-state index contributed by atoms with van der Waals surface area (Å²) in [6.07, 6.45) is -2.73. The predicted octanol–water partition coefficient (Wildman–Crippen LogP) is 5.63. The van der Waals surface area contributed by atoms with Gasteiger partial charge in [0.1, 0.15) is 17.7 Å². The number of carbonyl (C=O) groups excluding carboxylic acids is 2. The molecule has 3 aromatic carbocycles. The summed E-state index contributed by atoms with van der Waals surface area (Å²) < 4.78 is 56.0. The quantitative estimate of drug-likeness (QED) is 0.162. The molecule has 0 unspecified atom stereocenters. The van der Waals surface area contributed by atoms with Gasteiger partial charge in [0.25, 0.3) is 11.8 Å². The summed E-state index contributed by atoms with van der Waals surface area (Å²) in [6.45, 7) is 5.37. The van der Waals surface area contributed by atoms with Crippen molar-refractivity contribution in [3.05, 3.63) is 113 Å². The molecular weight excluding hydrogens is 576 g/mol. The maximum Gasteiger partial charge on any atom is 0.416 e. The van der Waals surface area contributed by atoms with Gasteiger partial charge in [-0.15, -0.1) is 0 Å². The fourth-order valence-electron chi connectivity index (χ4n) is 5.50. The number of hydrogen-bond acceptors (Lipinski definition) is 5. The molecule has 2 N–H and O–H groups in total. The van der Waals surface area contributed by atoms with Crippen LogP contribution in [-0.4, -0.2) is 34.2 Å². The van der Waals surface area contributed by atoms with Gasteiger partial charge in [0.05, 0.1) is 22.5 Å². The normalized spacial score (nSPS) is 16.7. The van der Waals surface area contributed by atoms with E-state index >= 15 is 0 Å². The smallest absolute Gasteiger partial charge is 0.339 e. The molecule has 2 heterocycles. The lowest BCUT2D eigenvalue weighted by Crippen LogP contribution is -2.56. The molecule has 1 aliphatic rings. The lowest BCUT2D eigenvalue weighted by atomic mass is 9.78. The van der Waals surface area contributed by atoms with Crippen LogP contribution >= 0.6 is 0 Å². The maximum absolute atomic E-state index is 14.3. The summed E-state index contributed by atoms with van der Waals surface area (Å²) >= 11 is 0. The molecule has 2 atom stereocenters. The van der Waals surface area contributed by atoms with E-state index < -0.39 is 46.9 Å². The lowest BCUT2D eigenvalue weighted by molar-refractivity contribution is -0.137. The molecule has 0 bridgehead atoms. The molecule has 5 rings (SSSR count). The van der Waals surface area contributed by atoms with Gasteiger partial charge in [0.15, 0.2) is 6.19 Å². The molecule has 2 amide bonds. The average molecular weight is 605 g/mol. The third-order valence-corrected chi connectivity index (χ3v) is 7.57. The maximum atomic E-state index is 14.3. The number of carbonyl (C=O) groups is 2. The Morgan fingerprint density at radius 1 is 1.02 bits per heavy atom. The standard InChI is InChI=1S/C32H28F4N6O2/c1-4-41-29-25(27(31(2,3)38-18-37)40-42(29)23-11-6-5-7-12-23)24(19-13-15-22(33)16-14-19)26(30(41)44)39-28(43)20-9-8-10-21(17-20)32(34,35)36/h5-17,24,26,38H,4H2,1-3H3,(H,39,43)/t24-,26-/m1/s1. The van der Waals surface area contributed by atoms with Crippen LogP contribution in [0.3, 0.4) is 0 Å². The first-order chi connectivity index (χ1) is 20.9. The van der Waals surface area contributed by atoms with E-state index in [1.807, 2.05) is 12.3 Å². The zero-order valence-corrected chi connectivity index (χ0v) is 24.0. The van der Waals surface area contributed by atoms with Crippen molar-refractivity contribution in [3.63, 3.8) is 0 Å². The van der Waals surface area contributed by atoms with Gasteiger partial charge in [0, 0.05) is 23.6 Å². The van der Waals surface area contributed by atoms with E-state index in [0.717, 1.165) is 18.2 Å². The molecule has 0 saturated heterocycles. The molecular formula is C32H28F4N6O2. The predicted molar refractivity (Wildman–Crippen MR) is 154 cm³/mol. The highest BCUT2D eigenvalue weighted by Gasteiger charge is 2.48. The molecule has 0 aliphatic carbocycles. The number of likely N-dealkylation sites (N-methyl/N-ethyl adjacent to an activating group) is 1. The third kappa shape index (κ3) is 5.48. The molecule has 4 aromatic rings. The zero-order valence-electron chi connectivity index (χ0n) is 24.0. The molecule has 0 fully saturated rings. The fraction of sp³-hybridized carbons (Fsp3) is 0.250. The Balaban J connectivity index is 1.75. The topological polar surface area (TPSA) is 103 Å². The Morgan fingerprint density at radius 3 is 2.32 bits per heavy atom. The first-order valence-corrected chi connectivity index (χ1v) is 13.8. The summed E-state index contributed by atoms with van der Waals surface area (Å²) in [7, 11) is 0. The highest BCUT2D eigenvalue weighted by molar-refractivity contribution is 6.05. The van der Waals surface area contributed by atoms with Gasteiger partial charge < -0.3 is 10.6 Å². The molecule has 1 aliphatic heterocycles. The summed E-state index contributed by atoms with van der Waals surface area (Å²) in [5.41, 5.74) is -0.423. The number of nitriles is 1. The lowest BCUT2D eigenvalue weighted by Gasteiger charge is -2.39. The number of amides is 2. The second kappa shape index (κ2) is 11.5. The molecule has 0 radical (unpaired) electrons. The molecule has 8 nitrogen and oxygen atoms in total. The average Bonchev–Trinajstić information content (AvgIpc) is 3.39. The van der Waals surface area contributed by atoms with Crippen LogP contribution in [0.5, 0.6) is 0 Å². The van der Waals surface area contributed by atoms with Gasteiger partial charge in [-0.2, -0.15) is 23.5 Å². The molecule has 226 valence electrons. The van der Waals surface area contributed by atoms with Crippen molar-refractivity contribution in [1.82, 2.24) is 20.4 Å². The van der Waals surface area contributed by atoms with E-state index in [2.05, 4.69) is 10.6 Å². The van der Waals surface area contributed by atoms with E-state index in [-0.39, 0.29) is 12.1 Å². The van der Waals surface area contributed by atoms with E-state index in [0.29, 0.717) is 28.3 Å². The van der Waals surface area contributed by atoms with Gasteiger partial charge in [0.2, 0.25) is 0 Å².